The molecule has 23 heavy (non-hydrogen) atoms. The van der Waals surface area contributed by atoms with Gasteiger partial charge in [0.1, 0.15) is 48.8 Å². The van der Waals surface area contributed by atoms with Crippen LogP contribution in [0.4, 0.5) is 0 Å². The molecule has 0 aromatic rings. The van der Waals surface area contributed by atoms with Crippen molar-refractivity contribution in [2.45, 2.75) is 60.7 Å². The molecule has 0 aromatic heterocycles. The van der Waals surface area contributed by atoms with Crippen LogP contribution in [0.1, 0.15) is 0 Å². The van der Waals surface area contributed by atoms with Gasteiger partial charge in [-0.25, -0.2) is 0 Å². The second-order valence-electron chi connectivity index (χ2n) is 5.77. The molecular weight excluding hydrogens is 320 g/mol. The molecule has 11 heteroatoms. The lowest BCUT2D eigenvalue weighted by Gasteiger charge is -2.53. The first-order valence-electron chi connectivity index (χ1n) is 7.03. The van der Waals surface area contributed by atoms with Crippen molar-refractivity contribution in [1.82, 2.24) is 0 Å². The highest BCUT2D eigenvalue weighted by Gasteiger charge is 2.64. The van der Waals surface area contributed by atoms with Crippen LogP contribution in [0.3, 0.4) is 0 Å². The molecule has 0 aliphatic carbocycles. The summed E-state index contributed by atoms with van der Waals surface area (Å²) in [5.41, 5.74) is -2.75. The highest BCUT2D eigenvalue weighted by atomic mass is 16.6. The number of hydrogen-bond acceptors (Lipinski definition) is 11. The molecule has 2 aliphatic rings. The van der Waals surface area contributed by atoms with Gasteiger partial charge in [-0.3, -0.25) is 0 Å². The third-order valence-corrected chi connectivity index (χ3v) is 4.41. The van der Waals surface area contributed by atoms with Gasteiger partial charge in [0.15, 0.2) is 11.9 Å². The molecule has 2 aliphatic heterocycles. The maximum absolute atomic E-state index is 10.7. The fourth-order valence-electron chi connectivity index (χ4n) is 2.99. The lowest BCUT2D eigenvalue weighted by Crippen LogP contribution is -2.77. The Kier molecular flexibility index (Phi) is 5.60. The SMILES string of the molecule is OC[C@H]1OC([C@@]2(O)[C@@H](O)C(O)O[C@H](CO)[C@@H]2O)[C@H](O)[C@@H](O)[C@@H]1O. The van der Waals surface area contributed by atoms with Gasteiger partial charge in [0.25, 0.3) is 0 Å². The lowest BCUT2D eigenvalue weighted by molar-refractivity contribution is -0.368. The molecule has 0 aromatic carbocycles. The molecule has 0 spiro atoms. The number of ether oxygens (including phenoxy) is 2. The highest BCUT2D eigenvalue weighted by molar-refractivity contribution is 5.11. The van der Waals surface area contributed by atoms with Crippen LogP contribution in [0.2, 0.25) is 0 Å². The molecule has 11 nitrogen and oxygen atoms in total. The van der Waals surface area contributed by atoms with Gasteiger partial charge in [-0.15, -0.1) is 0 Å². The zero-order chi connectivity index (χ0) is 17.5. The van der Waals surface area contributed by atoms with Crippen molar-refractivity contribution >= 4 is 0 Å². The molecule has 10 atom stereocenters. The van der Waals surface area contributed by atoms with E-state index in [0.29, 0.717) is 0 Å². The Labute approximate surface area is 130 Å². The first-order chi connectivity index (χ1) is 10.7. The average molecular weight is 342 g/mol. The summed E-state index contributed by atoms with van der Waals surface area (Å²) in [4.78, 5) is 0. The maximum atomic E-state index is 10.7. The van der Waals surface area contributed by atoms with E-state index in [1.54, 1.807) is 0 Å². The van der Waals surface area contributed by atoms with E-state index in [9.17, 15) is 35.7 Å². The van der Waals surface area contributed by atoms with Crippen LogP contribution in [-0.2, 0) is 9.47 Å². The largest absolute Gasteiger partial charge is 0.394 e. The Morgan fingerprint density at radius 2 is 1.26 bits per heavy atom. The first kappa shape index (κ1) is 18.9. The Morgan fingerprint density at radius 1 is 0.696 bits per heavy atom. The number of rotatable bonds is 3. The minimum Gasteiger partial charge on any atom is -0.394 e. The van der Waals surface area contributed by atoms with Crippen LogP contribution < -0.4 is 0 Å². The monoisotopic (exact) mass is 342 g/mol. The summed E-state index contributed by atoms with van der Waals surface area (Å²) in [6.07, 6.45) is -16.5. The fraction of sp³-hybridized carbons (Fsp3) is 1.00. The van der Waals surface area contributed by atoms with Crippen LogP contribution in [0.5, 0.6) is 0 Å². The quantitative estimate of drug-likeness (QED) is 0.236. The second kappa shape index (κ2) is 6.82. The van der Waals surface area contributed by atoms with Gasteiger partial charge in [-0.05, 0) is 0 Å². The van der Waals surface area contributed by atoms with Crippen molar-refractivity contribution in [3.05, 3.63) is 0 Å². The molecule has 136 valence electrons. The Morgan fingerprint density at radius 3 is 1.78 bits per heavy atom. The Balaban J connectivity index is 2.38. The van der Waals surface area contributed by atoms with E-state index in [2.05, 4.69) is 0 Å². The molecule has 0 bridgehead atoms. The van der Waals surface area contributed by atoms with Crippen molar-refractivity contribution in [3.63, 3.8) is 0 Å². The molecule has 2 heterocycles. The predicted molar refractivity (Wildman–Crippen MR) is 68.7 cm³/mol. The van der Waals surface area contributed by atoms with Crippen molar-refractivity contribution < 1.29 is 55.4 Å². The van der Waals surface area contributed by atoms with Crippen molar-refractivity contribution in [3.8, 4) is 0 Å². The second-order valence-corrected chi connectivity index (χ2v) is 5.77. The van der Waals surface area contributed by atoms with Crippen molar-refractivity contribution in [2.75, 3.05) is 13.2 Å². The lowest BCUT2D eigenvalue weighted by atomic mass is 9.74. The molecular formula is C12H22O11. The summed E-state index contributed by atoms with van der Waals surface area (Å²) < 4.78 is 9.86. The van der Waals surface area contributed by atoms with E-state index in [1.807, 2.05) is 0 Å². The molecule has 2 rings (SSSR count). The third kappa shape index (κ3) is 2.88. The van der Waals surface area contributed by atoms with E-state index in [4.69, 9.17) is 19.7 Å². The molecule has 0 saturated carbocycles. The number of hydrogen-bond donors (Lipinski definition) is 9. The normalized spacial score (nSPS) is 54.9. The first-order valence-corrected chi connectivity index (χ1v) is 7.03. The highest BCUT2D eigenvalue weighted by Crippen LogP contribution is 2.38. The smallest absolute Gasteiger partial charge is 0.184 e. The van der Waals surface area contributed by atoms with Gasteiger partial charge in [0, 0.05) is 0 Å². The molecule has 0 amide bonds. The average Bonchev–Trinajstić information content (AvgIpc) is 2.54. The zero-order valence-corrected chi connectivity index (χ0v) is 12.0. The van der Waals surface area contributed by atoms with Gasteiger partial charge >= 0.3 is 0 Å². The molecule has 2 unspecified atom stereocenters. The van der Waals surface area contributed by atoms with Gasteiger partial charge in [0.2, 0.25) is 0 Å². The molecule has 9 N–H and O–H groups in total. The molecule has 2 fully saturated rings. The van der Waals surface area contributed by atoms with Gasteiger partial charge in [-0.1, -0.05) is 0 Å². The number of aliphatic hydroxyl groups is 9. The summed E-state index contributed by atoms with van der Waals surface area (Å²) in [5, 5.41) is 88.3. The predicted octanol–water partition coefficient (Wildman–Crippen LogP) is -6.01. The standard InChI is InChI=1S/C12H22O11/c13-1-3-5(15)6(16)7(17)10(22-3)12(21)8(18)4(2-14)23-11(20)9(12)19/h3-11,13-21H,1-2H2/t3-,4-,5-,6+,7-,8+,9+,10?,11?,12+/m1/s1. The van der Waals surface area contributed by atoms with E-state index in [1.165, 1.54) is 0 Å². The van der Waals surface area contributed by atoms with Crippen LogP contribution in [0, 0.1) is 0 Å². The topological polar surface area (TPSA) is 201 Å². The van der Waals surface area contributed by atoms with Gasteiger partial charge in [0.05, 0.1) is 13.2 Å². The van der Waals surface area contributed by atoms with Crippen LogP contribution in [0.15, 0.2) is 0 Å². The van der Waals surface area contributed by atoms with E-state index >= 15 is 0 Å². The minimum absolute atomic E-state index is 0.786. The minimum atomic E-state index is -2.75. The molecule has 0 radical (unpaired) electrons. The summed E-state index contributed by atoms with van der Waals surface area (Å²) in [6, 6.07) is 0. The van der Waals surface area contributed by atoms with E-state index in [0.717, 1.165) is 0 Å². The zero-order valence-electron chi connectivity index (χ0n) is 12.0. The summed E-state index contributed by atoms with van der Waals surface area (Å²) in [7, 11) is 0. The summed E-state index contributed by atoms with van der Waals surface area (Å²) in [6.45, 7) is -1.61. The van der Waals surface area contributed by atoms with Crippen molar-refractivity contribution in [2.24, 2.45) is 0 Å². The van der Waals surface area contributed by atoms with Gasteiger partial charge in [-0.2, -0.15) is 0 Å². The number of aliphatic hydroxyl groups excluding tert-OH is 8. The van der Waals surface area contributed by atoms with Crippen LogP contribution >= 0.6 is 0 Å². The van der Waals surface area contributed by atoms with Gasteiger partial charge < -0.3 is 55.4 Å². The summed E-state index contributed by atoms with van der Waals surface area (Å²) in [5.74, 6) is 0. The van der Waals surface area contributed by atoms with Crippen molar-refractivity contribution in [1.29, 1.82) is 0 Å². The van der Waals surface area contributed by atoms with Crippen LogP contribution in [0.25, 0.3) is 0 Å². The van der Waals surface area contributed by atoms with Crippen LogP contribution in [-0.4, -0.2) is 120 Å². The molecule has 2 saturated heterocycles. The Bertz CT molecular complexity index is 406. The maximum Gasteiger partial charge on any atom is 0.184 e. The Hall–Kier alpha value is -0.440. The van der Waals surface area contributed by atoms with E-state index in [-0.39, 0.29) is 0 Å². The summed E-state index contributed by atoms with van der Waals surface area (Å²) >= 11 is 0. The third-order valence-electron chi connectivity index (χ3n) is 4.41. The van der Waals surface area contributed by atoms with E-state index < -0.39 is 73.9 Å². The fourth-order valence-corrected chi connectivity index (χ4v) is 2.99.